The molecule has 1 N–H and O–H groups in total. The van der Waals surface area contributed by atoms with Gasteiger partial charge in [0.1, 0.15) is 0 Å². The van der Waals surface area contributed by atoms with E-state index >= 15 is 0 Å². The van der Waals surface area contributed by atoms with E-state index in [1.807, 2.05) is 18.2 Å². The summed E-state index contributed by atoms with van der Waals surface area (Å²) in [6.45, 7) is 0. The number of nitrogens with one attached hydrogen (secondary N) is 1. The second kappa shape index (κ2) is 18.3. The molecular formula is C70H49N5. The van der Waals surface area contributed by atoms with Gasteiger partial charge < -0.3 is 13.7 Å². The van der Waals surface area contributed by atoms with E-state index < -0.39 is 0 Å². The van der Waals surface area contributed by atoms with Crippen LogP contribution in [0.1, 0.15) is 17.5 Å². The van der Waals surface area contributed by atoms with Gasteiger partial charge in [-0.1, -0.05) is 206 Å². The van der Waals surface area contributed by atoms with Gasteiger partial charge in [0, 0.05) is 60.6 Å². The molecule has 0 spiro atoms. The first-order valence-corrected chi connectivity index (χ1v) is 25.7. The Labute approximate surface area is 434 Å². The van der Waals surface area contributed by atoms with Gasteiger partial charge >= 0.3 is 0 Å². The number of hydrogen-bond acceptors (Lipinski definition) is 1. The van der Waals surface area contributed by atoms with E-state index in [0.29, 0.717) is 0 Å². The Kier molecular flexibility index (Phi) is 10.7. The molecule has 0 aliphatic heterocycles. The SMILES string of the molecule is N=C(N=C(/C=C/c1ccccc1)C1C=CC=CC1)c1cc(-c2ccccc2)c(-n2c3cc(-n4c5ccccc5c5ccccc54)ccc3c3c(-n4c5ccccc5c5ccccc54)cccc32)c(-c2ccccc2)c1. The standard InChI is InChI=1S/C70H49N5/c71-70(72-60(50-28-11-4-12-29-50)43-40-47-22-5-1-6-23-47)51-44-58(48-24-7-2-8-25-48)69(59(45-51)49-26-9-3-10-27-49)75-66-39-21-38-65(74-63-36-19-15-32-55(63)56-33-16-20-37-64(56)74)68(66)57-42-41-52(46-67(57)75)73-61-34-17-13-30-53(61)54-31-14-18-35-62(54)73/h1-28,30-46,50,71H,29H2/b43-40+,71-70?,72-60?. The highest BCUT2D eigenvalue weighted by atomic mass is 15.0. The van der Waals surface area contributed by atoms with Crippen LogP contribution < -0.4 is 0 Å². The average molecular weight is 960 g/mol. The van der Waals surface area contributed by atoms with Crippen molar-refractivity contribution in [2.24, 2.45) is 10.9 Å². The average Bonchev–Trinajstić information content (AvgIpc) is 4.13. The number of aliphatic imine (C=N–C) groups is 1. The fourth-order valence-corrected chi connectivity index (χ4v) is 11.7. The highest BCUT2D eigenvalue weighted by molar-refractivity contribution is 6.19. The summed E-state index contributed by atoms with van der Waals surface area (Å²) in [5.41, 5.74) is 16.7. The zero-order valence-electron chi connectivity index (χ0n) is 41.1. The van der Waals surface area contributed by atoms with Gasteiger partial charge in [0.2, 0.25) is 0 Å². The van der Waals surface area contributed by atoms with Crippen LogP contribution in [0.25, 0.3) is 111 Å². The lowest BCUT2D eigenvalue weighted by Crippen LogP contribution is -2.13. The Morgan fingerprint density at radius 1 is 0.453 bits per heavy atom. The van der Waals surface area contributed by atoms with E-state index in [1.165, 1.54) is 21.5 Å². The number of hydrogen-bond donors (Lipinski definition) is 1. The molecule has 1 atom stereocenters. The van der Waals surface area contributed by atoms with E-state index in [9.17, 15) is 5.41 Å². The van der Waals surface area contributed by atoms with Crippen LogP contribution in [0.3, 0.4) is 0 Å². The van der Waals surface area contributed by atoms with Gasteiger partial charge in [-0.15, -0.1) is 0 Å². The highest BCUT2D eigenvalue weighted by Crippen LogP contribution is 2.46. The van der Waals surface area contributed by atoms with E-state index in [4.69, 9.17) is 4.99 Å². The molecule has 3 aromatic heterocycles. The van der Waals surface area contributed by atoms with Gasteiger partial charge in [0.15, 0.2) is 5.84 Å². The lowest BCUT2D eigenvalue weighted by molar-refractivity contribution is 0.874. The molecule has 1 aliphatic carbocycles. The Morgan fingerprint density at radius 3 is 1.53 bits per heavy atom. The van der Waals surface area contributed by atoms with Crippen LogP contribution in [-0.2, 0) is 0 Å². The van der Waals surface area contributed by atoms with Crippen molar-refractivity contribution in [2.45, 2.75) is 6.42 Å². The van der Waals surface area contributed by atoms with E-state index in [1.54, 1.807) is 0 Å². The summed E-state index contributed by atoms with van der Waals surface area (Å²) in [5.74, 6) is 0.234. The summed E-state index contributed by atoms with van der Waals surface area (Å²) in [7, 11) is 0. The van der Waals surface area contributed by atoms with E-state index in [-0.39, 0.29) is 11.8 Å². The second-order valence-electron chi connectivity index (χ2n) is 19.4. The maximum Gasteiger partial charge on any atom is 0.152 e. The van der Waals surface area contributed by atoms with Crippen molar-refractivity contribution in [1.29, 1.82) is 5.41 Å². The molecule has 5 heteroatoms. The quantitative estimate of drug-likeness (QED) is 0.111. The summed E-state index contributed by atoms with van der Waals surface area (Å²) >= 11 is 0. The van der Waals surface area contributed by atoms with Gasteiger partial charge in [-0.25, -0.2) is 4.99 Å². The molecule has 0 saturated heterocycles. The third-order valence-corrected chi connectivity index (χ3v) is 15.0. The van der Waals surface area contributed by atoms with Gasteiger partial charge in [-0.05, 0) is 89.9 Å². The van der Waals surface area contributed by atoms with Crippen molar-refractivity contribution in [3.05, 3.63) is 278 Å². The maximum absolute atomic E-state index is 9.99. The molecule has 0 fully saturated rings. The fourth-order valence-electron chi connectivity index (χ4n) is 11.7. The number of amidine groups is 1. The van der Waals surface area contributed by atoms with Gasteiger partial charge in [-0.3, -0.25) is 5.41 Å². The van der Waals surface area contributed by atoms with Crippen molar-refractivity contribution in [3.8, 4) is 39.3 Å². The molecule has 0 radical (unpaired) electrons. The van der Waals surface area contributed by atoms with E-state index in [2.05, 4.69) is 269 Å². The first-order valence-electron chi connectivity index (χ1n) is 25.7. The number of para-hydroxylation sites is 4. The zero-order chi connectivity index (χ0) is 49.8. The third-order valence-electron chi connectivity index (χ3n) is 15.0. The topological polar surface area (TPSA) is 51.0 Å². The predicted octanol–water partition coefficient (Wildman–Crippen LogP) is 17.9. The minimum absolute atomic E-state index is 0.0295. The molecule has 0 amide bonds. The Bertz CT molecular complexity index is 4340. The van der Waals surface area contributed by atoms with Crippen LogP contribution in [0.4, 0.5) is 0 Å². The zero-order valence-corrected chi connectivity index (χ0v) is 41.1. The minimum atomic E-state index is 0.0295. The maximum atomic E-state index is 9.99. The lowest BCUT2D eigenvalue weighted by Gasteiger charge is -2.21. The Morgan fingerprint density at radius 2 is 0.973 bits per heavy atom. The van der Waals surface area contributed by atoms with Crippen LogP contribution >= 0.6 is 0 Å². The summed E-state index contributed by atoms with van der Waals surface area (Å²) in [4.78, 5) is 5.24. The molecule has 14 rings (SSSR count). The number of allylic oxidation sites excluding steroid dienone is 5. The van der Waals surface area contributed by atoms with Gasteiger partial charge in [0.25, 0.3) is 0 Å². The highest BCUT2D eigenvalue weighted by Gasteiger charge is 2.26. The Hall–Kier alpha value is -9.84. The number of aromatic nitrogens is 3. The molecule has 0 bridgehead atoms. The van der Waals surface area contributed by atoms with E-state index in [0.717, 1.165) is 106 Å². The van der Waals surface area contributed by atoms with Gasteiger partial charge in [0.05, 0.1) is 50.2 Å². The first-order chi connectivity index (χ1) is 37.2. The minimum Gasteiger partial charge on any atom is -0.309 e. The monoisotopic (exact) mass is 959 g/mol. The molecular weight excluding hydrogens is 911 g/mol. The summed E-state index contributed by atoms with van der Waals surface area (Å²) in [6.07, 6.45) is 13.6. The van der Waals surface area contributed by atoms with Crippen LogP contribution in [0, 0.1) is 11.3 Å². The molecule has 1 unspecified atom stereocenters. The molecule has 13 aromatic rings. The van der Waals surface area contributed by atoms with Crippen molar-refractivity contribution >= 4 is 83.0 Å². The smallest absolute Gasteiger partial charge is 0.152 e. The first kappa shape index (κ1) is 43.9. The Balaban J connectivity index is 1.09. The molecule has 10 aromatic carbocycles. The summed E-state index contributed by atoms with van der Waals surface area (Å²) < 4.78 is 7.38. The van der Waals surface area contributed by atoms with Crippen molar-refractivity contribution in [1.82, 2.24) is 13.7 Å². The molecule has 3 heterocycles. The third kappa shape index (κ3) is 7.47. The van der Waals surface area contributed by atoms with Crippen LogP contribution in [0.5, 0.6) is 0 Å². The van der Waals surface area contributed by atoms with Crippen molar-refractivity contribution in [3.63, 3.8) is 0 Å². The molecule has 0 saturated carbocycles. The molecule has 5 nitrogen and oxygen atoms in total. The summed E-state index contributed by atoms with van der Waals surface area (Å²) in [6, 6.07) is 84.9. The normalized spacial score (nSPS) is 13.9. The van der Waals surface area contributed by atoms with Gasteiger partial charge in [-0.2, -0.15) is 0 Å². The number of rotatable bonds is 9. The van der Waals surface area contributed by atoms with Crippen LogP contribution in [0.2, 0.25) is 0 Å². The largest absolute Gasteiger partial charge is 0.309 e. The number of benzene rings is 10. The summed E-state index contributed by atoms with van der Waals surface area (Å²) in [5, 5.41) is 17.1. The lowest BCUT2D eigenvalue weighted by atomic mass is 9.92. The van der Waals surface area contributed by atoms with Crippen LogP contribution in [-0.4, -0.2) is 25.2 Å². The molecule has 75 heavy (non-hydrogen) atoms. The van der Waals surface area contributed by atoms with Crippen molar-refractivity contribution < 1.29 is 0 Å². The molecule has 354 valence electrons. The predicted molar refractivity (Wildman–Crippen MR) is 316 cm³/mol. The molecule has 1 aliphatic rings. The number of nitrogens with zero attached hydrogens (tertiary/aromatic N) is 4. The fraction of sp³-hybridized carbons (Fsp3) is 0.0286. The van der Waals surface area contributed by atoms with Crippen molar-refractivity contribution in [2.75, 3.05) is 0 Å². The van der Waals surface area contributed by atoms with Crippen LogP contribution in [0.15, 0.2) is 272 Å². The number of fused-ring (bicyclic) bond motifs is 9. The second-order valence-corrected chi connectivity index (χ2v) is 19.4.